The summed E-state index contributed by atoms with van der Waals surface area (Å²) in [6.07, 6.45) is 0.874. The van der Waals surface area contributed by atoms with Gasteiger partial charge in [-0.1, -0.05) is 45.9 Å². The van der Waals surface area contributed by atoms with Crippen LogP contribution < -0.4 is 5.32 Å². The lowest BCUT2D eigenvalue weighted by molar-refractivity contribution is -0.119. The van der Waals surface area contributed by atoms with Gasteiger partial charge in [0.25, 0.3) is 0 Å². The lowest BCUT2D eigenvalue weighted by Gasteiger charge is -2.09. The summed E-state index contributed by atoms with van der Waals surface area (Å²) in [6, 6.07) is 9.53. The van der Waals surface area contributed by atoms with Gasteiger partial charge in [-0.15, -0.1) is 0 Å². The highest BCUT2D eigenvalue weighted by atomic mass is 16.1. The monoisotopic (exact) mass is 207 g/mol. The van der Waals surface area contributed by atoms with Crippen LogP contribution in [0.4, 0.5) is 5.69 Å². The van der Waals surface area contributed by atoms with E-state index >= 15 is 0 Å². The number of nitrogens with one attached hydrogen (secondary N) is 1. The fourth-order valence-corrected chi connectivity index (χ4v) is 0.972. The second-order valence-electron chi connectivity index (χ2n) is 3.16. The molecule has 1 unspecified atom stereocenters. The largest absolute Gasteiger partial charge is 0.326 e. The normalized spacial score (nSPS) is 10.9. The lowest BCUT2D eigenvalue weighted by Crippen LogP contribution is -2.19. The number of para-hydroxylation sites is 1. The fraction of sp³-hybridized carbons (Fsp3) is 0.462. The quantitative estimate of drug-likeness (QED) is 0.804. The Hall–Kier alpha value is -1.31. The Morgan fingerprint density at radius 3 is 2.27 bits per heavy atom. The van der Waals surface area contributed by atoms with E-state index in [9.17, 15) is 4.79 Å². The van der Waals surface area contributed by atoms with E-state index in [1.54, 1.807) is 0 Å². The molecule has 0 fully saturated rings. The molecule has 0 aliphatic rings. The minimum atomic E-state index is 0.0835. The molecule has 0 bridgehead atoms. The van der Waals surface area contributed by atoms with Crippen LogP contribution in [-0.4, -0.2) is 5.91 Å². The minimum Gasteiger partial charge on any atom is -0.326 e. The molecule has 0 saturated carbocycles. The van der Waals surface area contributed by atoms with Crippen LogP contribution in [0.15, 0.2) is 30.3 Å². The first kappa shape index (κ1) is 13.7. The maximum Gasteiger partial charge on any atom is 0.227 e. The number of hydrogen-bond acceptors (Lipinski definition) is 1. The average molecular weight is 207 g/mol. The summed E-state index contributed by atoms with van der Waals surface area (Å²) < 4.78 is 0. The van der Waals surface area contributed by atoms with Crippen molar-refractivity contribution in [2.45, 2.75) is 34.1 Å². The van der Waals surface area contributed by atoms with Gasteiger partial charge in [-0.3, -0.25) is 4.79 Å². The summed E-state index contributed by atoms with van der Waals surface area (Å²) >= 11 is 0. The van der Waals surface area contributed by atoms with Crippen LogP contribution >= 0.6 is 0 Å². The van der Waals surface area contributed by atoms with Gasteiger partial charge in [0.2, 0.25) is 5.91 Å². The summed E-state index contributed by atoms with van der Waals surface area (Å²) in [5.41, 5.74) is 0.868. The standard InChI is InChI=1S/C11H15NO.C2H6/c1-3-9(2)11(13)12-10-7-5-4-6-8-10;1-2/h4-9H,3H2,1-2H3,(H,12,13);1-2H3. The summed E-state index contributed by atoms with van der Waals surface area (Å²) in [5, 5.41) is 2.85. The number of benzene rings is 1. The van der Waals surface area contributed by atoms with Crippen LogP contribution in [0, 0.1) is 5.92 Å². The molecule has 1 aromatic rings. The van der Waals surface area contributed by atoms with Crippen molar-refractivity contribution in [3.05, 3.63) is 30.3 Å². The van der Waals surface area contributed by atoms with Crippen LogP contribution in [0.2, 0.25) is 0 Å². The smallest absolute Gasteiger partial charge is 0.227 e. The number of carbonyl (C=O) groups excluding carboxylic acids is 1. The molecule has 1 rings (SSSR count). The van der Waals surface area contributed by atoms with Crippen LogP contribution in [0.3, 0.4) is 0 Å². The highest BCUT2D eigenvalue weighted by Gasteiger charge is 2.09. The molecular formula is C13H21NO. The van der Waals surface area contributed by atoms with E-state index in [1.807, 2.05) is 58.0 Å². The van der Waals surface area contributed by atoms with Crippen LogP contribution in [0.25, 0.3) is 0 Å². The zero-order chi connectivity index (χ0) is 11.7. The molecule has 0 saturated heterocycles. The number of amides is 1. The molecule has 0 spiro atoms. The van der Waals surface area contributed by atoms with E-state index in [0.717, 1.165) is 12.1 Å². The van der Waals surface area contributed by atoms with Gasteiger partial charge in [0, 0.05) is 11.6 Å². The Balaban J connectivity index is 0.000000921. The van der Waals surface area contributed by atoms with Gasteiger partial charge in [-0.25, -0.2) is 0 Å². The van der Waals surface area contributed by atoms with Crippen molar-refractivity contribution in [2.24, 2.45) is 5.92 Å². The molecule has 0 aromatic heterocycles. The van der Waals surface area contributed by atoms with E-state index in [2.05, 4.69) is 5.32 Å². The summed E-state index contributed by atoms with van der Waals surface area (Å²) in [4.78, 5) is 11.4. The second-order valence-corrected chi connectivity index (χ2v) is 3.16. The van der Waals surface area contributed by atoms with Crippen LogP contribution in [0.5, 0.6) is 0 Å². The molecule has 15 heavy (non-hydrogen) atoms. The van der Waals surface area contributed by atoms with E-state index in [4.69, 9.17) is 0 Å². The molecule has 0 aliphatic carbocycles. The molecule has 2 nitrogen and oxygen atoms in total. The van der Waals surface area contributed by atoms with Crippen molar-refractivity contribution in [1.82, 2.24) is 0 Å². The lowest BCUT2D eigenvalue weighted by atomic mass is 10.1. The maximum atomic E-state index is 11.4. The second kappa shape index (κ2) is 8.04. The molecular weight excluding hydrogens is 186 g/mol. The molecule has 1 aromatic carbocycles. The number of anilines is 1. The first-order chi connectivity index (χ1) is 7.24. The average Bonchev–Trinajstić information content (AvgIpc) is 2.32. The van der Waals surface area contributed by atoms with Gasteiger partial charge in [-0.2, -0.15) is 0 Å². The molecule has 0 heterocycles. The molecule has 1 N–H and O–H groups in total. The van der Waals surface area contributed by atoms with Gasteiger partial charge in [0.15, 0.2) is 0 Å². The maximum absolute atomic E-state index is 11.4. The van der Waals surface area contributed by atoms with E-state index in [-0.39, 0.29) is 11.8 Å². The summed E-state index contributed by atoms with van der Waals surface area (Å²) in [5.74, 6) is 0.175. The summed E-state index contributed by atoms with van der Waals surface area (Å²) in [7, 11) is 0. The molecule has 0 aliphatic heterocycles. The number of hydrogen-bond donors (Lipinski definition) is 1. The van der Waals surface area contributed by atoms with Crippen molar-refractivity contribution >= 4 is 11.6 Å². The Morgan fingerprint density at radius 2 is 1.80 bits per heavy atom. The van der Waals surface area contributed by atoms with Crippen LogP contribution in [0.1, 0.15) is 34.1 Å². The molecule has 1 atom stereocenters. The van der Waals surface area contributed by atoms with Crippen molar-refractivity contribution in [1.29, 1.82) is 0 Å². The van der Waals surface area contributed by atoms with E-state index in [1.165, 1.54) is 0 Å². The Bertz CT molecular complexity index is 269. The Labute approximate surface area is 92.7 Å². The van der Waals surface area contributed by atoms with Crippen molar-refractivity contribution < 1.29 is 4.79 Å². The molecule has 1 amide bonds. The van der Waals surface area contributed by atoms with Crippen molar-refractivity contribution in [3.63, 3.8) is 0 Å². The highest BCUT2D eigenvalue weighted by molar-refractivity contribution is 5.92. The highest BCUT2D eigenvalue weighted by Crippen LogP contribution is 2.08. The third-order valence-corrected chi connectivity index (χ3v) is 2.10. The first-order valence-electron chi connectivity index (χ1n) is 5.60. The summed E-state index contributed by atoms with van der Waals surface area (Å²) in [6.45, 7) is 7.94. The van der Waals surface area contributed by atoms with Gasteiger partial charge in [0.1, 0.15) is 0 Å². The van der Waals surface area contributed by atoms with Gasteiger partial charge in [0.05, 0.1) is 0 Å². The van der Waals surface area contributed by atoms with Crippen molar-refractivity contribution in [3.8, 4) is 0 Å². The zero-order valence-electron chi connectivity index (χ0n) is 10.1. The predicted octanol–water partition coefficient (Wildman–Crippen LogP) is 3.70. The number of rotatable bonds is 3. The fourth-order valence-electron chi connectivity index (χ4n) is 0.972. The Kier molecular flexibility index (Phi) is 7.33. The van der Waals surface area contributed by atoms with E-state index in [0.29, 0.717) is 0 Å². The SMILES string of the molecule is CC.CCC(C)C(=O)Nc1ccccc1. The van der Waals surface area contributed by atoms with Crippen molar-refractivity contribution in [2.75, 3.05) is 5.32 Å². The minimum absolute atomic E-state index is 0.0835. The van der Waals surface area contributed by atoms with Gasteiger partial charge >= 0.3 is 0 Å². The molecule has 84 valence electrons. The third-order valence-electron chi connectivity index (χ3n) is 2.10. The molecule has 2 heteroatoms. The zero-order valence-corrected chi connectivity index (χ0v) is 10.1. The molecule has 0 radical (unpaired) electrons. The van der Waals surface area contributed by atoms with Gasteiger partial charge in [-0.05, 0) is 18.6 Å². The van der Waals surface area contributed by atoms with Crippen LogP contribution in [-0.2, 0) is 4.79 Å². The number of carbonyl (C=O) groups is 1. The topological polar surface area (TPSA) is 29.1 Å². The first-order valence-corrected chi connectivity index (χ1v) is 5.60. The predicted molar refractivity (Wildman–Crippen MR) is 65.9 cm³/mol. The Morgan fingerprint density at radius 1 is 1.27 bits per heavy atom. The van der Waals surface area contributed by atoms with E-state index < -0.39 is 0 Å². The third kappa shape index (κ3) is 5.21. The van der Waals surface area contributed by atoms with Gasteiger partial charge < -0.3 is 5.32 Å².